The maximum atomic E-state index is 11.1. The van der Waals surface area contributed by atoms with Gasteiger partial charge < -0.3 is 0 Å². The molecule has 0 radical (unpaired) electrons. The molecular formula is C19H23ClN2O. The first-order valence-corrected chi connectivity index (χ1v) is 8.70. The van der Waals surface area contributed by atoms with Crippen LogP contribution in [0.3, 0.4) is 0 Å². The van der Waals surface area contributed by atoms with E-state index in [9.17, 15) is 4.79 Å². The molecule has 1 aromatic carbocycles. The van der Waals surface area contributed by atoms with E-state index in [2.05, 4.69) is 16.9 Å². The summed E-state index contributed by atoms with van der Waals surface area (Å²) >= 11 is 5.46. The van der Waals surface area contributed by atoms with Crippen LogP contribution in [-0.2, 0) is 6.42 Å². The van der Waals surface area contributed by atoms with Crippen LogP contribution in [0, 0.1) is 0 Å². The first kappa shape index (κ1) is 17.6. The average molecular weight is 331 g/mol. The predicted octanol–water partition coefficient (Wildman–Crippen LogP) is 5.43. The minimum atomic E-state index is -0.450. The molecule has 0 aliphatic carbocycles. The molecule has 4 heteroatoms. The van der Waals surface area contributed by atoms with Gasteiger partial charge in [-0.15, -0.1) is 0 Å². The van der Waals surface area contributed by atoms with Crippen molar-refractivity contribution in [2.75, 3.05) is 0 Å². The highest BCUT2D eigenvalue weighted by atomic mass is 35.5. The Hall–Kier alpha value is -1.74. The van der Waals surface area contributed by atoms with Crippen LogP contribution >= 0.6 is 11.6 Å². The average Bonchev–Trinajstić information content (AvgIpc) is 2.58. The van der Waals surface area contributed by atoms with Crippen molar-refractivity contribution < 1.29 is 4.79 Å². The van der Waals surface area contributed by atoms with E-state index < -0.39 is 5.24 Å². The predicted molar refractivity (Wildman–Crippen MR) is 94.7 cm³/mol. The van der Waals surface area contributed by atoms with Gasteiger partial charge in [-0.05, 0) is 42.6 Å². The summed E-state index contributed by atoms with van der Waals surface area (Å²) < 4.78 is 0. The Morgan fingerprint density at radius 3 is 2.39 bits per heavy atom. The second kappa shape index (κ2) is 9.41. The van der Waals surface area contributed by atoms with E-state index in [1.54, 1.807) is 18.3 Å². The van der Waals surface area contributed by atoms with Gasteiger partial charge in [0.1, 0.15) is 0 Å². The number of hydrogen-bond acceptors (Lipinski definition) is 3. The second-order valence-corrected chi connectivity index (χ2v) is 6.08. The number of benzene rings is 1. The van der Waals surface area contributed by atoms with Gasteiger partial charge in [-0.2, -0.15) is 0 Å². The molecule has 0 N–H and O–H groups in total. The number of hydrogen-bond donors (Lipinski definition) is 0. The quantitative estimate of drug-likeness (QED) is 0.455. The molecule has 0 saturated heterocycles. The van der Waals surface area contributed by atoms with Crippen molar-refractivity contribution in [3.8, 4) is 11.4 Å². The molecule has 3 nitrogen and oxygen atoms in total. The highest BCUT2D eigenvalue weighted by molar-refractivity contribution is 6.67. The summed E-state index contributed by atoms with van der Waals surface area (Å²) in [5, 5.41) is -0.450. The van der Waals surface area contributed by atoms with Crippen LogP contribution in [0.25, 0.3) is 11.4 Å². The summed E-state index contributed by atoms with van der Waals surface area (Å²) in [7, 11) is 0. The van der Waals surface area contributed by atoms with Crippen molar-refractivity contribution in [1.82, 2.24) is 9.97 Å². The van der Waals surface area contributed by atoms with E-state index in [-0.39, 0.29) is 0 Å². The van der Waals surface area contributed by atoms with Gasteiger partial charge in [0.05, 0.1) is 0 Å². The van der Waals surface area contributed by atoms with E-state index in [1.165, 1.54) is 38.5 Å². The third kappa shape index (κ3) is 5.76. The topological polar surface area (TPSA) is 42.9 Å². The first-order chi connectivity index (χ1) is 11.2. The SMILES string of the molecule is CCCCCCCCc1ccnc(-c2ccc(C(=O)Cl)cc2)n1. The summed E-state index contributed by atoms with van der Waals surface area (Å²) in [5.41, 5.74) is 2.46. The molecule has 23 heavy (non-hydrogen) atoms. The van der Waals surface area contributed by atoms with Crippen LogP contribution in [0.5, 0.6) is 0 Å². The summed E-state index contributed by atoms with van der Waals surface area (Å²) in [5.74, 6) is 0.696. The third-order valence-corrected chi connectivity index (χ3v) is 4.09. The lowest BCUT2D eigenvalue weighted by atomic mass is 10.1. The van der Waals surface area contributed by atoms with Crippen LogP contribution in [0.15, 0.2) is 36.5 Å². The number of aromatic nitrogens is 2. The van der Waals surface area contributed by atoms with Crippen molar-refractivity contribution in [2.45, 2.75) is 51.9 Å². The minimum Gasteiger partial charge on any atom is -0.276 e. The van der Waals surface area contributed by atoms with Crippen LogP contribution in [0.2, 0.25) is 0 Å². The smallest absolute Gasteiger partial charge is 0.252 e. The van der Waals surface area contributed by atoms with Crippen LogP contribution < -0.4 is 0 Å². The zero-order valence-electron chi connectivity index (χ0n) is 13.6. The number of carbonyl (C=O) groups excluding carboxylic acids is 1. The Kier molecular flexibility index (Phi) is 7.21. The number of halogens is 1. The molecule has 0 atom stereocenters. The number of nitrogens with zero attached hydrogens (tertiary/aromatic N) is 2. The molecule has 122 valence electrons. The van der Waals surface area contributed by atoms with Crippen LogP contribution in [0.4, 0.5) is 0 Å². The van der Waals surface area contributed by atoms with Crippen LogP contribution in [0.1, 0.15) is 61.5 Å². The molecule has 2 aromatic rings. The Labute approximate surface area is 143 Å². The lowest BCUT2D eigenvalue weighted by Crippen LogP contribution is -1.96. The maximum absolute atomic E-state index is 11.1. The molecule has 0 amide bonds. The second-order valence-electron chi connectivity index (χ2n) is 5.74. The molecule has 1 heterocycles. The molecule has 0 aliphatic rings. The van der Waals surface area contributed by atoms with Crippen LogP contribution in [-0.4, -0.2) is 15.2 Å². The Balaban J connectivity index is 1.92. The third-order valence-electron chi connectivity index (χ3n) is 3.87. The summed E-state index contributed by atoms with van der Waals surface area (Å²) in [4.78, 5) is 20.0. The van der Waals surface area contributed by atoms with Gasteiger partial charge in [0.15, 0.2) is 5.82 Å². The zero-order chi connectivity index (χ0) is 16.5. The fraction of sp³-hybridized carbons (Fsp3) is 0.421. The van der Waals surface area contributed by atoms with Crippen molar-refractivity contribution in [3.63, 3.8) is 0 Å². The highest BCUT2D eigenvalue weighted by Gasteiger charge is 2.05. The number of rotatable bonds is 9. The van der Waals surface area contributed by atoms with Crippen molar-refractivity contribution in [2.24, 2.45) is 0 Å². The van der Waals surface area contributed by atoms with Crippen molar-refractivity contribution >= 4 is 16.8 Å². The highest BCUT2D eigenvalue weighted by Crippen LogP contribution is 2.17. The molecular weight excluding hydrogens is 308 g/mol. The standard InChI is InChI=1S/C19H23ClN2O/c1-2-3-4-5-6-7-8-17-13-14-21-19(22-17)16-11-9-15(10-12-16)18(20)23/h9-14H,2-8H2,1H3. The number of carbonyl (C=O) groups is 1. The van der Waals surface area contributed by atoms with Gasteiger partial charge in [0.2, 0.25) is 0 Å². The minimum absolute atomic E-state index is 0.450. The van der Waals surface area contributed by atoms with Gasteiger partial charge in [-0.3, -0.25) is 4.79 Å². The van der Waals surface area contributed by atoms with E-state index in [0.29, 0.717) is 11.4 Å². The van der Waals surface area contributed by atoms with E-state index in [4.69, 9.17) is 11.6 Å². The van der Waals surface area contributed by atoms with Gasteiger partial charge >= 0.3 is 0 Å². The molecule has 0 bridgehead atoms. The molecule has 0 spiro atoms. The lowest BCUT2D eigenvalue weighted by Gasteiger charge is -2.05. The fourth-order valence-corrected chi connectivity index (χ4v) is 2.64. The number of aryl methyl sites for hydroxylation is 1. The largest absolute Gasteiger partial charge is 0.276 e. The summed E-state index contributed by atoms with van der Waals surface area (Å²) in [6.07, 6.45) is 10.5. The Bertz CT molecular complexity index is 626. The van der Waals surface area contributed by atoms with Crippen molar-refractivity contribution in [3.05, 3.63) is 47.8 Å². The maximum Gasteiger partial charge on any atom is 0.252 e. The molecule has 1 aromatic heterocycles. The molecule has 0 fully saturated rings. The van der Waals surface area contributed by atoms with E-state index >= 15 is 0 Å². The summed E-state index contributed by atoms with van der Waals surface area (Å²) in [6.45, 7) is 2.23. The first-order valence-electron chi connectivity index (χ1n) is 8.33. The van der Waals surface area contributed by atoms with Gasteiger partial charge in [0, 0.05) is 23.0 Å². The number of unbranched alkanes of at least 4 members (excludes halogenated alkanes) is 5. The molecule has 0 saturated carbocycles. The van der Waals surface area contributed by atoms with Crippen molar-refractivity contribution in [1.29, 1.82) is 0 Å². The van der Waals surface area contributed by atoms with E-state index in [1.807, 2.05) is 18.2 Å². The molecule has 0 aliphatic heterocycles. The fourth-order valence-electron chi connectivity index (χ4n) is 2.51. The van der Waals surface area contributed by atoms with Gasteiger partial charge in [-0.25, -0.2) is 9.97 Å². The molecule has 0 unspecified atom stereocenters. The normalized spacial score (nSPS) is 10.7. The summed E-state index contributed by atoms with van der Waals surface area (Å²) in [6, 6.07) is 9.05. The zero-order valence-corrected chi connectivity index (χ0v) is 14.4. The monoisotopic (exact) mass is 330 g/mol. The molecule has 2 rings (SSSR count). The Morgan fingerprint density at radius 2 is 1.70 bits per heavy atom. The van der Waals surface area contributed by atoms with Gasteiger partial charge in [-0.1, -0.05) is 51.2 Å². The lowest BCUT2D eigenvalue weighted by molar-refractivity contribution is 0.108. The van der Waals surface area contributed by atoms with E-state index in [0.717, 1.165) is 17.7 Å². The Morgan fingerprint density at radius 1 is 1.00 bits per heavy atom. The van der Waals surface area contributed by atoms with Gasteiger partial charge in [0.25, 0.3) is 5.24 Å².